The molecule has 0 aliphatic heterocycles. The van der Waals surface area contributed by atoms with E-state index in [-0.39, 0.29) is 0 Å². The summed E-state index contributed by atoms with van der Waals surface area (Å²) in [6.45, 7) is 0.410. The predicted molar refractivity (Wildman–Crippen MR) is 66.1 cm³/mol. The largest absolute Gasteiger partial charge is 0.486 e. The van der Waals surface area contributed by atoms with Crippen molar-refractivity contribution in [2.75, 3.05) is 5.73 Å². The van der Waals surface area contributed by atoms with Crippen LogP contribution in [-0.2, 0) is 13.7 Å². The van der Waals surface area contributed by atoms with Crippen LogP contribution < -0.4 is 10.5 Å². The minimum absolute atomic E-state index is 0.410. The fourth-order valence-electron chi connectivity index (χ4n) is 1.33. The molecule has 0 bridgehead atoms. The monoisotopic (exact) mass is 281 g/mol. The fourth-order valence-corrected chi connectivity index (χ4v) is 1.73. The van der Waals surface area contributed by atoms with Gasteiger partial charge in [-0.05, 0) is 28.1 Å². The van der Waals surface area contributed by atoms with Crippen molar-refractivity contribution >= 4 is 21.9 Å². The molecule has 84 valence electrons. The highest BCUT2D eigenvalue weighted by molar-refractivity contribution is 9.10. The Hall–Kier alpha value is -1.49. The van der Waals surface area contributed by atoms with Gasteiger partial charge in [-0.15, -0.1) is 0 Å². The number of hydrogen-bond donors (Lipinski definition) is 1. The van der Waals surface area contributed by atoms with Gasteiger partial charge in [0, 0.05) is 13.2 Å². The zero-order chi connectivity index (χ0) is 11.5. The smallest absolute Gasteiger partial charge is 0.200 e. The lowest BCUT2D eigenvalue weighted by atomic mass is 10.3. The molecule has 0 spiro atoms. The molecule has 4 nitrogen and oxygen atoms in total. The standard InChI is InChI=1S/C11H12BrN3O/c1-15-6-8(14-11(15)13)7-16-10-5-3-2-4-9(10)12/h2-6H,7H2,1H3,(H2,13,14). The normalized spacial score (nSPS) is 10.4. The van der Waals surface area contributed by atoms with Gasteiger partial charge in [0.15, 0.2) is 5.95 Å². The Morgan fingerprint density at radius 2 is 2.19 bits per heavy atom. The van der Waals surface area contributed by atoms with E-state index in [0.717, 1.165) is 15.9 Å². The van der Waals surface area contributed by atoms with E-state index in [9.17, 15) is 0 Å². The zero-order valence-electron chi connectivity index (χ0n) is 8.85. The average molecular weight is 282 g/mol. The zero-order valence-corrected chi connectivity index (χ0v) is 10.4. The van der Waals surface area contributed by atoms with Crippen LogP contribution in [0.3, 0.4) is 0 Å². The van der Waals surface area contributed by atoms with E-state index < -0.39 is 0 Å². The number of imidazole rings is 1. The van der Waals surface area contributed by atoms with Crippen LogP contribution in [-0.4, -0.2) is 9.55 Å². The van der Waals surface area contributed by atoms with E-state index in [1.807, 2.05) is 37.5 Å². The number of nitrogen functional groups attached to an aromatic ring is 1. The van der Waals surface area contributed by atoms with E-state index in [1.165, 1.54) is 0 Å². The molecule has 0 unspecified atom stereocenters. The molecule has 0 saturated carbocycles. The third kappa shape index (κ3) is 2.36. The van der Waals surface area contributed by atoms with Gasteiger partial charge in [-0.2, -0.15) is 0 Å². The first-order valence-electron chi connectivity index (χ1n) is 4.82. The van der Waals surface area contributed by atoms with Crippen molar-refractivity contribution in [3.8, 4) is 5.75 Å². The lowest BCUT2D eigenvalue weighted by molar-refractivity contribution is 0.300. The van der Waals surface area contributed by atoms with Gasteiger partial charge in [0.25, 0.3) is 0 Å². The summed E-state index contributed by atoms with van der Waals surface area (Å²) >= 11 is 3.41. The molecule has 1 aromatic heterocycles. The van der Waals surface area contributed by atoms with Crippen LogP contribution in [0.5, 0.6) is 5.75 Å². The number of hydrogen-bond acceptors (Lipinski definition) is 3. The van der Waals surface area contributed by atoms with E-state index in [2.05, 4.69) is 20.9 Å². The molecule has 1 heterocycles. The number of nitrogens with zero attached hydrogens (tertiary/aromatic N) is 2. The molecule has 1 aromatic carbocycles. The Bertz CT molecular complexity index is 476. The van der Waals surface area contributed by atoms with Crippen molar-refractivity contribution in [3.05, 3.63) is 40.6 Å². The van der Waals surface area contributed by atoms with Gasteiger partial charge in [-0.25, -0.2) is 4.98 Å². The molecule has 2 aromatic rings. The third-order valence-electron chi connectivity index (χ3n) is 2.17. The Morgan fingerprint density at radius 1 is 1.44 bits per heavy atom. The van der Waals surface area contributed by atoms with Crippen LogP contribution in [0.25, 0.3) is 0 Å². The lowest BCUT2D eigenvalue weighted by Crippen LogP contribution is -1.96. The molecule has 0 fully saturated rings. The third-order valence-corrected chi connectivity index (χ3v) is 2.83. The number of para-hydroxylation sites is 1. The van der Waals surface area contributed by atoms with Gasteiger partial charge < -0.3 is 15.0 Å². The van der Waals surface area contributed by atoms with Gasteiger partial charge in [0.1, 0.15) is 12.4 Å². The average Bonchev–Trinajstić information content (AvgIpc) is 2.57. The number of aromatic nitrogens is 2. The van der Waals surface area contributed by atoms with E-state index in [1.54, 1.807) is 4.57 Å². The van der Waals surface area contributed by atoms with Gasteiger partial charge in [0.2, 0.25) is 0 Å². The molecule has 2 N–H and O–H groups in total. The maximum Gasteiger partial charge on any atom is 0.200 e. The molecule has 0 aliphatic carbocycles. The van der Waals surface area contributed by atoms with Crippen LogP contribution in [0.4, 0.5) is 5.95 Å². The number of halogens is 1. The summed E-state index contributed by atoms with van der Waals surface area (Å²) in [5, 5.41) is 0. The van der Waals surface area contributed by atoms with E-state index >= 15 is 0 Å². The summed E-state index contributed by atoms with van der Waals surface area (Å²) in [5.74, 6) is 1.29. The maximum absolute atomic E-state index is 5.63. The van der Waals surface area contributed by atoms with Crippen molar-refractivity contribution in [2.45, 2.75) is 6.61 Å². The van der Waals surface area contributed by atoms with Crippen LogP contribution in [0, 0.1) is 0 Å². The van der Waals surface area contributed by atoms with Crippen molar-refractivity contribution in [1.82, 2.24) is 9.55 Å². The van der Waals surface area contributed by atoms with Gasteiger partial charge >= 0.3 is 0 Å². The number of anilines is 1. The van der Waals surface area contributed by atoms with Gasteiger partial charge in [0.05, 0.1) is 10.2 Å². The van der Waals surface area contributed by atoms with Crippen LogP contribution in [0.15, 0.2) is 34.9 Å². The topological polar surface area (TPSA) is 53.1 Å². The SMILES string of the molecule is Cn1cc(COc2ccccc2Br)nc1N. The maximum atomic E-state index is 5.63. The van der Waals surface area contributed by atoms with E-state index in [0.29, 0.717) is 12.6 Å². The number of nitrogens with two attached hydrogens (primary N) is 1. The minimum atomic E-state index is 0.410. The van der Waals surface area contributed by atoms with Crippen molar-refractivity contribution in [3.63, 3.8) is 0 Å². The molecule has 5 heteroatoms. The quantitative estimate of drug-likeness (QED) is 0.940. The number of rotatable bonds is 3. The Morgan fingerprint density at radius 3 is 2.81 bits per heavy atom. The number of ether oxygens (including phenoxy) is 1. The first-order chi connectivity index (χ1) is 7.66. The van der Waals surface area contributed by atoms with Crippen LogP contribution >= 0.6 is 15.9 Å². The second-order valence-corrected chi connectivity index (χ2v) is 4.27. The van der Waals surface area contributed by atoms with Gasteiger partial charge in [-0.1, -0.05) is 12.1 Å². The molecule has 0 radical (unpaired) electrons. The summed E-state index contributed by atoms with van der Waals surface area (Å²) in [4.78, 5) is 4.16. The number of aryl methyl sites for hydroxylation is 1. The Kier molecular flexibility index (Phi) is 3.14. The lowest BCUT2D eigenvalue weighted by Gasteiger charge is -2.05. The highest BCUT2D eigenvalue weighted by Crippen LogP contribution is 2.24. The second kappa shape index (κ2) is 4.57. The first-order valence-corrected chi connectivity index (χ1v) is 5.61. The first kappa shape index (κ1) is 11.0. The summed E-state index contributed by atoms with van der Waals surface area (Å²) in [7, 11) is 1.85. The Labute approximate surface area is 102 Å². The molecule has 0 amide bonds. The molecular weight excluding hydrogens is 270 g/mol. The highest BCUT2D eigenvalue weighted by Gasteiger charge is 2.04. The van der Waals surface area contributed by atoms with Crippen molar-refractivity contribution in [1.29, 1.82) is 0 Å². The van der Waals surface area contributed by atoms with Crippen LogP contribution in [0.1, 0.15) is 5.69 Å². The number of benzene rings is 1. The van der Waals surface area contributed by atoms with Crippen LogP contribution in [0.2, 0.25) is 0 Å². The minimum Gasteiger partial charge on any atom is -0.486 e. The van der Waals surface area contributed by atoms with E-state index in [4.69, 9.17) is 10.5 Å². The molecule has 2 rings (SSSR count). The summed E-state index contributed by atoms with van der Waals surface area (Å²) in [5.41, 5.74) is 6.44. The predicted octanol–water partition coefficient (Wildman–Crippen LogP) is 2.34. The van der Waals surface area contributed by atoms with Crippen molar-refractivity contribution in [2.24, 2.45) is 7.05 Å². The summed E-state index contributed by atoms with van der Waals surface area (Å²) in [6.07, 6.45) is 1.85. The second-order valence-electron chi connectivity index (χ2n) is 3.42. The highest BCUT2D eigenvalue weighted by atomic mass is 79.9. The molecule has 16 heavy (non-hydrogen) atoms. The molecule has 0 atom stereocenters. The summed E-state index contributed by atoms with van der Waals surface area (Å²) < 4.78 is 8.31. The van der Waals surface area contributed by atoms with Gasteiger partial charge in [-0.3, -0.25) is 0 Å². The summed E-state index contributed by atoms with van der Waals surface area (Å²) in [6, 6.07) is 7.70. The van der Waals surface area contributed by atoms with Crippen molar-refractivity contribution < 1.29 is 4.74 Å². The molecule has 0 aliphatic rings. The Balaban J connectivity index is 2.05. The fraction of sp³-hybridized carbons (Fsp3) is 0.182. The molecule has 0 saturated heterocycles. The molecular formula is C11H12BrN3O.